The molecule has 2 aromatic carbocycles. The molecule has 1 aliphatic carbocycles. The predicted molar refractivity (Wildman–Crippen MR) is 128 cm³/mol. The lowest BCUT2D eigenvalue weighted by Gasteiger charge is -2.34. The Labute approximate surface area is 192 Å². The highest BCUT2D eigenvalue weighted by atomic mass is 32.2. The zero-order valence-corrected chi connectivity index (χ0v) is 20.3. The second kappa shape index (κ2) is 10.5. The summed E-state index contributed by atoms with van der Waals surface area (Å²) in [5.41, 5.74) is 3.00. The number of carbonyl (C=O) groups excluding carboxylic acids is 1. The summed E-state index contributed by atoms with van der Waals surface area (Å²) in [6.45, 7) is 6.24. The molecular formula is C25H34N2O4S. The second-order valence-electron chi connectivity index (χ2n) is 8.47. The number of aryl methyl sites for hydroxylation is 2. The highest BCUT2D eigenvalue weighted by Crippen LogP contribution is 2.29. The van der Waals surface area contributed by atoms with E-state index in [2.05, 4.69) is 0 Å². The number of likely N-dealkylation sites (N-methyl/N-ethyl adjacent to an activating group) is 1. The summed E-state index contributed by atoms with van der Waals surface area (Å²) in [6.07, 6.45) is 4.60. The Balaban J connectivity index is 1.88. The van der Waals surface area contributed by atoms with Crippen LogP contribution in [0.3, 0.4) is 0 Å². The molecule has 32 heavy (non-hydrogen) atoms. The average Bonchev–Trinajstić information content (AvgIpc) is 2.79. The molecule has 0 spiro atoms. The molecule has 1 fully saturated rings. The summed E-state index contributed by atoms with van der Waals surface area (Å²) in [5, 5.41) is 0. The third kappa shape index (κ3) is 5.51. The molecule has 0 radical (unpaired) electrons. The van der Waals surface area contributed by atoms with E-state index in [1.807, 2.05) is 39.0 Å². The topological polar surface area (TPSA) is 66.9 Å². The zero-order chi connectivity index (χ0) is 23.3. The number of hydrogen-bond donors (Lipinski definition) is 0. The second-order valence-corrected chi connectivity index (χ2v) is 10.4. The first kappa shape index (κ1) is 24.3. The lowest BCUT2D eigenvalue weighted by molar-refractivity contribution is -0.119. The van der Waals surface area contributed by atoms with Crippen molar-refractivity contribution in [3.63, 3.8) is 0 Å². The Morgan fingerprint density at radius 2 is 1.66 bits per heavy atom. The van der Waals surface area contributed by atoms with Gasteiger partial charge in [0.15, 0.2) is 0 Å². The van der Waals surface area contributed by atoms with Gasteiger partial charge in [-0.1, -0.05) is 25.3 Å². The first-order valence-electron chi connectivity index (χ1n) is 11.3. The Kier molecular flexibility index (Phi) is 7.96. The standard InChI is InChI=1S/C25H34N2O4S/c1-5-31-23-13-15-24(16-14-23)32(29,30)27(21-9-7-6-8-10-21)18-25(28)26(4)22-12-11-19(2)20(3)17-22/h11-17,21H,5-10,18H2,1-4H3. The molecular weight excluding hydrogens is 424 g/mol. The minimum absolute atomic E-state index is 0.169. The fraction of sp³-hybridized carbons (Fsp3) is 0.480. The van der Waals surface area contributed by atoms with Gasteiger partial charge in [0.25, 0.3) is 0 Å². The Morgan fingerprint density at radius 3 is 2.25 bits per heavy atom. The summed E-state index contributed by atoms with van der Waals surface area (Å²) in [5.74, 6) is 0.384. The first-order valence-corrected chi connectivity index (χ1v) is 12.8. The highest BCUT2D eigenvalue weighted by molar-refractivity contribution is 7.89. The van der Waals surface area contributed by atoms with E-state index in [1.165, 1.54) is 4.31 Å². The van der Waals surface area contributed by atoms with Gasteiger partial charge >= 0.3 is 0 Å². The van der Waals surface area contributed by atoms with Crippen LogP contribution in [0.15, 0.2) is 47.4 Å². The molecule has 7 heteroatoms. The Hall–Kier alpha value is -2.38. The molecule has 1 amide bonds. The van der Waals surface area contributed by atoms with Gasteiger partial charge in [-0.25, -0.2) is 8.42 Å². The van der Waals surface area contributed by atoms with Crippen LogP contribution >= 0.6 is 0 Å². The number of amides is 1. The minimum atomic E-state index is -3.83. The molecule has 0 aromatic heterocycles. The van der Waals surface area contributed by atoms with Gasteiger partial charge in [-0.2, -0.15) is 4.31 Å². The van der Waals surface area contributed by atoms with E-state index in [4.69, 9.17) is 4.74 Å². The monoisotopic (exact) mass is 458 g/mol. The molecule has 2 aromatic rings. The normalized spacial score (nSPS) is 15.0. The van der Waals surface area contributed by atoms with Crippen molar-refractivity contribution in [3.8, 4) is 5.75 Å². The van der Waals surface area contributed by atoms with Crippen LogP contribution in [0.25, 0.3) is 0 Å². The number of sulfonamides is 1. The van der Waals surface area contributed by atoms with E-state index in [0.29, 0.717) is 12.4 Å². The number of nitrogens with zero attached hydrogens (tertiary/aromatic N) is 2. The Bertz CT molecular complexity index is 1030. The summed E-state index contributed by atoms with van der Waals surface area (Å²) in [6, 6.07) is 12.1. The van der Waals surface area contributed by atoms with Crippen molar-refractivity contribution in [2.24, 2.45) is 0 Å². The van der Waals surface area contributed by atoms with E-state index in [9.17, 15) is 13.2 Å². The molecule has 6 nitrogen and oxygen atoms in total. The highest BCUT2D eigenvalue weighted by Gasteiger charge is 2.34. The van der Waals surface area contributed by atoms with Gasteiger partial charge in [-0.3, -0.25) is 4.79 Å². The van der Waals surface area contributed by atoms with Crippen molar-refractivity contribution in [2.45, 2.75) is 63.8 Å². The molecule has 0 aliphatic heterocycles. The number of carbonyl (C=O) groups is 1. The summed E-state index contributed by atoms with van der Waals surface area (Å²) >= 11 is 0. The van der Waals surface area contributed by atoms with Gasteiger partial charge in [0.2, 0.25) is 15.9 Å². The van der Waals surface area contributed by atoms with E-state index >= 15 is 0 Å². The summed E-state index contributed by atoms with van der Waals surface area (Å²) in [4.78, 5) is 14.9. The van der Waals surface area contributed by atoms with Crippen molar-refractivity contribution in [1.82, 2.24) is 4.31 Å². The van der Waals surface area contributed by atoms with Crippen LogP contribution in [0.5, 0.6) is 5.75 Å². The maximum atomic E-state index is 13.6. The Morgan fingerprint density at radius 1 is 1.00 bits per heavy atom. The molecule has 3 rings (SSSR count). The van der Waals surface area contributed by atoms with Gasteiger partial charge in [-0.05, 0) is 81.1 Å². The van der Waals surface area contributed by atoms with Crippen LogP contribution in [-0.4, -0.2) is 44.9 Å². The van der Waals surface area contributed by atoms with Crippen LogP contribution < -0.4 is 9.64 Å². The van der Waals surface area contributed by atoms with E-state index in [-0.39, 0.29) is 23.4 Å². The van der Waals surface area contributed by atoms with Crippen molar-refractivity contribution >= 4 is 21.6 Å². The van der Waals surface area contributed by atoms with Crippen LogP contribution in [0.4, 0.5) is 5.69 Å². The quantitative estimate of drug-likeness (QED) is 0.576. The molecule has 0 bridgehead atoms. The fourth-order valence-electron chi connectivity index (χ4n) is 4.11. The summed E-state index contributed by atoms with van der Waals surface area (Å²) < 4.78 is 34.1. The number of benzene rings is 2. The molecule has 0 heterocycles. The van der Waals surface area contributed by atoms with Crippen LogP contribution in [-0.2, 0) is 14.8 Å². The van der Waals surface area contributed by atoms with E-state index < -0.39 is 10.0 Å². The number of ether oxygens (including phenoxy) is 1. The molecule has 0 N–H and O–H groups in total. The molecule has 0 unspecified atom stereocenters. The van der Waals surface area contributed by atoms with Gasteiger partial charge in [-0.15, -0.1) is 0 Å². The molecule has 1 saturated carbocycles. The summed E-state index contributed by atoms with van der Waals surface area (Å²) in [7, 11) is -2.12. The first-order chi connectivity index (χ1) is 15.2. The van der Waals surface area contributed by atoms with Crippen molar-refractivity contribution in [1.29, 1.82) is 0 Å². The molecule has 174 valence electrons. The largest absolute Gasteiger partial charge is 0.494 e. The van der Waals surface area contributed by atoms with Crippen LogP contribution in [0.2, 0.25) is 0 Å². The SMILES string of the molecule is CCOc1ccc(S(=O)(=O)N(CC(=O)N(C)c2ccc(C)c(C)c2)C2CCCCC2)cc1. The molecule has 0 atom stereocenters. The minimum Gasteiger partial charge on any atom is -0.494 e. The zero-order valence-electron chi connectivity index (χ0n) is 19.5. The number of rotatable bonds is 8. The smallest absolute Gasteiger partial charge is 0.243 e. The van der Waals surface area contributed by atoms with Gasteiger partial charge in [0.1, 0.15) is 5.75 Å². The maximum absolute atomic E-state index is 13.6. The van der Waals surface area contributed by atoms with Gasteiger partial charge in [0, 0.05) is 18.8 Å². The van der Waals surface area contributed by atoms with Crippen LogP contribution in [0.1, 0.15) is 50.2 Å². The van der Waals surface area contributed by atoms with Gasteiger partial charge in [0.05, 0.1) is 18.0 Å². The fourth-order valence-corrected chi connectivity index (χ4v) is 5.74. The average molecular weight is 459 g/mol. The maximum Gasteiger partial charge on any atom is 0.243 e. The van der Waals surface area contributed by atoms with Crippen molar-refractivity contribution < 1.29 is 17.9 Å². The van der Waals surface area contributed by atoms with Crippen LogP contribution in [0, 0.1) is 13.8 Å². The lowest BCUT2D eigenvalue weighted by Crippen LogP contribution is -2.47. The predicted octanol–water partition coefficient (Wildman–Crippen LogP) is 4.69. The van der Waals surface area contributed by atoms with Crippen molar-refractivity contribution in [3.05, 3.63) is 53.6 Å². The third-order valence-electron chi connectivity index (χ3n) is 6.27. The van der Waals surface area contributed by atoms with E-state index in [0.717, 1.165) is 48.9 Å². The van der Waals surface area contributed by atoms with E-state index in [1.54, 1.807) is 36.2 Å². The number of hydrogen-bond acceptors (Lipinski definition) is 4. The number of anilines is 1. The molecule has 0 saturated heterocycles. The lowest BCUT2D eigenvalue weighted by atomic mass is 9.95. The third-order valence-corrected chi connectivity index (χ3v) is 8.18. The van der Waals surface area contributed by atoms with Gasteiger partial charge < -0.3 is 9.64 Å². The molecule has 1 aliphatic rings. The van der Waals surface area contributed by atoms with Crippen molar-refractivity contribution in [2.75, 3.05) is 25.1 Å².